The second-order valence-corrected chi connectivity index (χ2v) is 6.45. The number of hydrogen-bond acceptors (Lipinski definition) is 3. The average molecular weight is 361 g/mol. The summed E-state index contributed by atoms with van der Waals surface area (Å²) in [5, 5.41) is 7.57. The molecule has 2 aromatic rings. The molecule has 0 aliphatic carbocycles. The van der Waals surface area contributed by atoms with Crippen molar-refractivity contribution in [3.63, 3.8) is 0 Å². The summed E-state index contributed by atoms with van der Waals surface area (Å²) in [4.78, 5) is 26.1. The van der Waals surface area contributed by atoms with Gasteiger partial charge in [-0.2, -0.15) is 5.10 Å². The molecule has 7 heteroatoms. The molecule has 1 N–H and O–H groups in total. The normalized spacial score (nSPS) is 14.4. The van der Waals surface area contributed by atoms with Crippen molar-refractivity contribution in [1.82, 2.24) is 20.0 Å². The number of carbonyl (C=O) groups excluding carboxylic acids is 2. The van der Waals surface area contributed by atoms with Crippen molar-refractivity contribution < 1.29 is 9.59 Å². The first-order valence-corrected chi connectivity index (χ1v) is 8.89. The Morgan fingerprint density at radius 3 is 2.64 bits per heavy atom. The summed E-state index contributed by atoms with van der Waals surface area (Å²) in [6.07, 6.45) is 5.33. The quantitative estimate of drug-likeness (QED) is 0.891. The molecule has 0 atom stereocenters. The molecular formula is C18H21ClN4O2. The summed E-state index contributed by atoms with van der Waals surface area (Å²) in [7, 11) is 0. The molecule has 1 aliphatic rings. The number of para-hydroxylation sites is 1. The predicted molar refractivity (Wildman–Crippen MR) is 96.0 cm³/mol. The highest BCUT2D eigenvalue weighted by molar-refractivity contribution is 6.32. The molecule has 0 bridgehead atoms. The summed E-state index contributed by atoms with van der Waals surface area (Å²) in [6.45, 7) is 1.97. The molecule has 0 unspecified atom stereocenters. The van der Waals surface area contributed by atoms with Crippen molar-refractivity contribution in [1.29, 1.82) is 0 Å². The van der Waals surface area contributed by atoms with Gasteiger partial charge in [-0.25, -0.2) is 4.68 Å². The number of likely N-dealkylation sites (tertiary alicyclic amines) is 1. The van der Waals surface area contributed by atoms with Gasteiger partial charge in [0.25, 0.3) is 5.91 Å². The van der Waals surface area contributed by atoms with Crippen LogP contribution in [-0.2, 0) is 4.79 Å². The number of rotatable bonds is 5. The maximum Gasteiger partial charge on any atom is 0.271 e. The van der Waals surface area contributed by atoms with Crippen LogP contribution in [-0.4, -0.2) is 46.1 Å². The number of hydrogen-bond donors (Lipinski definition) is 1. The van der Waals surface area contributed by atoms with Crippen LogP contribution >= 0.6 is 11.6 Å². The molecule has 1 saturated heterocycles. The van der Waals surface area contributed by atoms with Crippen molar-refractivity contribution in [2.45, 2.75) is 25.7 Å². The van der Waals surface area contributed by atoms with Crippen LogP contribution in [0.15, 0.2) is 36.5 Å². The fourth-order valence-corrected chi connectivity index (χ4v) is 3.11. The number of benzene rings is 1. The molecule has 2 heterocycles. The molecular weight excluding hydrogens is 340 g/mol. The van der Waals surface area contributed by atoms with Crippen LogP contribution in [0.1, 0.15) is 36.2 Å². The van der Waals surface area contributed by atoms with E-state index in [-0.39, 0.29) is 11.8 Å². The third-order valence-electron chi connectivity index (χ3n) is 4.25. The highest BCUT2D eigenvalue weighted by Crippen LogP contribution is 2.19. The van der Waals surface area contributed by atoms with Crippen molar-refractivity contribution in [3.8, 4) is 5.69 Å². The minimum atomic E-state index is -0.294. The lowest BCUT2D eigenvalue weighted by molar-refractivity contribution is -0.131. The standard InChI is InChI=1S/C18H21ClN4O2/c19-14-6-2-3-7-16(14)23-13-9-15(21-23)18(25)20-10-8-17(24)22-11-4-1-5-12-22/h2-3,6-7,9,13H,1,4-5,8,10-12H2,(H,20,25). The lowest BCUT2D eigenvalue weighted by Gasteiger charge is -2.26. The highest BCUT2D eigenvalue weighted by Gasteiger charge is 2.17. The molecule has 132 valence electrons. The van der Waals surface area contributed by atoms with E-state index in [1.807, 2.05) is 23.1 Å². The molecule has 25 heavy (non-hydrogen) atoms. The van der Waals surface area contributed by atoms with E-state index in [2.05, 4.69) is 10.4 Å². The molecule has 1 fully saturated rings. The van der Waals surface area contributed by atoms with Crippen LogP contribution in [0.3, 0.4) is 0 Å². The van der Waals surface area contributed by atoms with Gasteiger partial charge in [-0.15, -0.1) is 0 Å². The second kappa shape index (κ2) is 8.16. The average Bonchev–Trinajstić information content (AvgIpc) is 3.12. The Hall–Kier alpha value is -2.34. The van der Waals surface area contributed by atoms with Gasteiger partial charge in [-0.3, -0.25) is 9.59 Å². The van der Waals surface area contributed by atoms with Crippen LogP contribution in [0.5, 0.6) is 0 Å². The summed E-state index contributed by atoms with van der Waals surface area (Å²) in [6, 6.07) is 8.92. The van der Waals surface area contributed by atoms with E-state index >= 15 is 0 Å². The number of aromatic nitrogens is 2. The van der Waals surface area contributed by atoms with Crippen LogP contribution in [0.25, 0.3) is 5.69 Å². The van der Waals surface area contributed by atoms with E-state index < -0.39 is 0 Å². The Kier molecular flexibility index (Phi) is 5.71. The third kappa shape index (κ3) is 4.39. The van der Waals surface area contributed by atoms with Crippen LogP contribution in [0.4, 0.5) is 0 Å². The van der Waals surface area contributed by atoms with Crippen molar-refractivity contribution in [3.05, 3.63) is 47.2 Å². The zero-order valence-corrected chi connectivity index (χ0v) is 14.7. The van der Waals surface area contributed by atoms with Gasteiger partial charge in [-0.1, -0.05) is 23.7 Å². The fourth-order valence-electron chi connectivity index (χ4n) is 2.89. The van der Waals surface area contributed by atoms with Gasteiger partial charge in [0, 0.05) is 32.3 Å². The first kappa shape index (κ1) is 17.5. The van der Waals surface area contributed by atoms with Gasteiger partial charge in [0.15, 0.2) is 5.69 Å². The molecule has 0 radical (unpaired) electrons. The van der Waals surface area contributed by atoms with E-state index in [0.717, 1.165) is 25.9 Å². The Morgan fingerprint density at radius 1 is 1.12 bits per heavy atom. The first-order chi connectivity index (χ1) is 12.1. The topological polar surface area (TPSA) is 67.2 Å². The number of amides is 2. The van der Waals surface area contributed by atoms with E-state index in [1.54, 1.807) is 23.0 Å². The van der Waals surface area contributed by atoms with E-state index in [4.69, 9.17) is 11.6 Å². The predicted octanol–water partition coefficient (Wildman–Crippen LogP) is 2.66. The zero-order chi connectivity index (χ0) is 17.6. The van der Waals surface area contributed by atoms with Gasteiger partial charge in [0.2, 0.25) is 5.91 Å². The highest BCUT2D eigenvalue weighted by atomic mass is 35.5. The van der Waals surface area contributed by atoms with Crippen molar-refractivity contribution in [2.75, 3.05) is 19.6 Å². The van der Waals surface area contributed by atoms with Crippen molar-refractivity contribution in [2.24, 2.45) is 0 Å². The van der Waals surface area contributed by atoms with Gasteiger partial charge < -0.3 is 10.2 Å². The zero-order valence-electron chi connectivity index (χ0n) is 13.9. The van der Waals surface area contributed by atoms with E-state index in [0.29, 0.717) is 29.4 Å². The Bertz CT molecular complexity index is 753. The number of piperidine rings is 1. The molecule has 1 aromatic heterocycles. The Labute approximate surface area is 151 Å². The Balaban J connectivity index is 1.52. The maximum absolute atomic E-state index is 12.2. The molecule has 2 amide bonds. The first-order valence-electron chi connectivity index (χ1n) is 8.52. The van der Waals surface area contributed by atoms with Gasteiger partial charge in [-0.05, 0) is 37.5 Å². The molecule has 1 aromatic carbocycles. The van der Waals surface area contributed by atoms with Crippen LogP contribution in [0.2, 0.25) is 5.02 Å². The van der Waals surface area contributed by atoms with Gasteiger partial charge in [0.1, 0.15) is 0 Å². The SMILES string of the molecule is O=C(NCCC(=O)N1CCCCC1)c1ccn(-c2ccccc2Cl)n1. The maximum atomic E-state index is 12.2. The number of nitrogens with one attached hydrogen (secondary N) is 1. The minimum Gasteiger partial charge on any atom is -0.350 e. The smallest absolute Gasteiger partial charge is 0.271 e. The number of halogens is 1. The van der Waals surface area contributed by atoms with Gasteiger partial charge >= 0.3 is 0 Å². The van der Waals surface area contributed by atoms with Crippen molar-refractivity contribution >= 4 is 23.4 Å². The molecule has 6 nitrogen and oxygen atoms in total. The van der Waals surface area contributed by atoms with Crippen LogP contribution < -0.4 is 5.32 Å². The second-order valence-electron chi connectivity index (χ2n) is 6.04. The summed E-state index contributed by atoms with van der Waals surface area (Å²) in [5.41, 5.74) is 1.01. The van der Waals surface area contributed by atoms with E-state index in [9.17, 15) is 9.59 Å². The summed E-state index contributed by atoms with van der Waals surface area (Å²) >= 11 is 6.14. The lowest BCUT2D eigenvalue weighted by atomic mass is 10.1. The fraction of sp³-hybridized carbons (Fsp3) is 0.389. The Morgan fingerprint density at radius 2 is 1.88 bits per heavy atom. The number of nitrogens with zero attached hydrogens (tertiary/aromatic N) is 3. The summed E-state index contributed by atoms with van der Waals surface area (Å²) < 4.78 is 1.57. The number of carbonyl (C=O) groups is 2. The third-order valence-corrected chi connectivity index (χ3v) is 4.57. The minimum absolute atomic E-state index is 0.0987. The van der Waals surface area contributed by atoms with Gasteiger partial charge in [0.05, 0.1) is 10.7 Å². The van der Waals surface area contributed by atoms with Crippen LogP contribution in [0, 0.1) is 0 Å². The molecule has 0 saturated carbocycles. The largest absolute Gasteiger partial charge is 0.350 e. The monoisotopic (exact) mass is 360 g/mol. The molecule has 0 spiro atoms. The lowest BCUT2D eigenvalue weighted by Crippen LogP contribution is -2.37. The molecule has 1 aliphatic heterocycles. The van der Waals surface area contributed by atoms with E-state index in [1.165, 1.54) is 6.42 Å². The summed E-state index contributed by atoms with van der Waals surface area (Å²) in [5.74, 6) is -0.196. The molecule has 3 rings (SSSR count).